The van der Waals surface area contributed by atoms with E-state index in [1.165, 1.54) is 70.6 Å². The van der Waals surface area contributed by atoms with Crippen molar-refractivity contribution in [1.29, 1.82) is 0 Å². The van der Waals surface area contributed by atoms with Gasteiger partial charge >= 0.3 is 0 Å². The Hall–Kier alpha value is -0.330. The lowest BCUT2D eigenvalue weighted by atomic mass is 9.42. The Labute approximate surface area is 130 Å². The van der Waals surface area contributed by atoms with Gasteiger partial charge in [-0.15, -0.1) is 0 Å². The van der Waals surface area contributed by atoms with E-state index in [-0.39, 0.29) is 5.41 Å². The lowest BCUT2D eigenvalue weighted by molar-refractivity contribution is -0.159. The summed E-state index contributed by atoms with van der Waals surface area (Å²) in [5.41, 5.74) is 0.629. The normalized spacial score (nSPS) is 52.1. The van der Waals surface area contributed by atoms with E-state index < -0.39 is 0 Å². The molecular formula is C20H32O. The molecule has 0 radical (unpaired) electrons. The number of Topliss-reactive ketones (excluding diaryl/α,β-unsaturated/α-hetero) is 1. The molecule has 5 rings (SSSR count). The summed E-state index contributed by atoms with van der Waals surface area (Å²) < 4.78 is 0. The van der Waals surface area contributed by atoms with Crippen LogP contribution in [0.2, 0.25) is 0 Å². The maximum atomic E-state index is 13.6. The van der Waals surface area contributed by atoms with Gasteiger partial charge < -0.3 is 0 Å². The van der Waals surface area contributed by atoms with Crippen molar-refractivity contribution in [3.8, 4) is 0 Å². The third kappa shape index (κ3) is 2.21. The number of hydrogen-bond donors (Lipinski definition) is 0. The first-order valence-corrected chi connectivity index (χ1v) is 9.58. The van der Waals surface area contributed by atoms with E-state index in [2.05, 4.69) is 13.8 Å². The molecule has 118 valence electrons. The minimum absolute atomic E-state index is 0.119. The average molecular weight is 288 g/mol. The molecule has 0 saturated heterocycles. The highest BCUT2D eigenvalue weighted by Gasteiger charge is 2.59. The zero-order chi connectivity index (χ0) is 14.7. The van der Waals surface area contributed by atoms with Crippen LogP contribution in [0.1, 0.15) is 84.5 Å². The van der Waals surface area contributed by atoms with Crippen LogP contribution in [-0.4, -0.2) is 5.78 Å². The van der Waals surface area contributed by atoms with Crippen molar-refractivity contribution in [2.75, 3.05) is 0 Å². The van der Waals surface area contributed by atoms with Crippen molar-refractivity contribution in [1.82, 2.24) is 0 Å². The molecule has 5 saturated carbocycles. The molecule has 0 aromatic rings. The highest BCUT2D eigenvalue weighted by molar-refractivity contribution is 5.88. The van der Waals surface area contributed by atoms with E-state index in [9.17, 15) is 4.79 Å². The van der Waals surface area contributed by atoms with Gasteiger partial charge in [0.05, 0.1) is 0 Å². The first-order chi connectivity index (χ1) is 10.0. The van der Waals surface area contributed by atoms with Gasteiger partial charge in [0, 0.05) is 11.3 Å². The summed E-state index contributed by atoms with van der Waals surface area (Å²) in [6.45, 7) is 4.79. The second-order valence-corrected chi connectivity index (χ2v) is 9.48. The Morgan fingerprint density at radius 1 is 1.05 bits per heavy atom. The van der Waals surface area contributed by atoms with Crippen LogP contribution in [0.4, 0.5) is 0 Å². The molecule has 0 heterocycles. The van der Waals surface area contributed by atoms with Gasteiger partial charge in [-0.05, 0) is 74.5 Å². The maximum absolute atomic E-state index is 13.6. The molecule has 5 fully saturated rings. The standard InChI is InChI=1S/C20H32O/c1-3-16-6-4-5-7-17(16)18(21)20-11-14-8-15(12-20)10-19(2,9-14)13-20/h14-17H,3-13H2,1-2H3. The molecule has 0 aromatic heterocycles. The van der Waals surface area contributed by atoms with Crippen LogP contribution in [0.3, 0.4) is 0 Å². The molecule has 0 amide bonds. The largest absolute Gasteiger partial charge is 0.299 e. The summed E-state index contributed by atoms with van der Waals surface area (Å²) in [5.74, 6) is 3.61. The van der Waals surface area contributed by atoms with E-state index in [4.69, 9.17) is 0 Å². The second-order valence-electron chi connectivity index (χ2n) is 9.48. The fourth-order valence-electron chi connectivity index (χ4n) is 7.44. The summed E-state index contributed by atoms with van der Waals surface area (Å²) in [5, 5.41) is 0. The van der Waals surface area contributed by atoms with E-state index >= 15 is 0 Å². The van der Waals surface area contributed by atoms with Gasteiger partial charge in [-0.2, -0.15) is 0 Å². The molecule has 0 spiro atoms. The van der Waals surface area contributed by atoms with Crippen LogP contribution in [0.15, 0.2) is 0 Å². The van der Waals surface area contributed by atoms with Gasteiger partial charge in [0.15, 0.2) is 0 Å². The fourth-order valence-corrected chi connectivity index (χ4v) is 7.44. The molecule has 1 heteroatoms. The fraction of sp³-hybridized carbons (Fsp3) is 0.950. The first-order valence-electron chi connectivity index (χ1n) is 9.58. The monoisotopic (exact) mass is 288 g/mol. The SMILES string of the molecule is CCC1CCCCC1C(=O)C12CC3CC(CC(C)(C3)C1)C2. The van der Waals surface area contributed by atoms with Gasteiger partial charge in [0.25, 0.3) is 0 Å². The van der Waals surface area contributed by atoms with Crippen molar-refractivity contribution >= 4 is 5.78 Å². The van der Waals surface area contributed by atoms with E-state index in [0.29, 0.717) is 17.3 Å². The Kier molecular flexibility index (Phi) is 3.28. The maximum Gasteiger partial charge on any atom is 0.142 e. The molecule has 5 aliphatic rings. The van der Waals surface area contributed by atoms with Crippen LogP contribution in [0, 0.1) is 34.5 Å². The van der Waals surface area contributed by atoms with Crippen LogP contribution in [-0.2, 0) is 4.79 Å². The van der Waals surface area contributed by atoms with Crippen molar-refractivity contribution in [2.45, 2.75) is 84.5 Å². The zero-order valence-electron chi connectivity index (χ0n) is 14.0. The molecule has 5 aliphatic carbocycles. The Bertz CT molecular complexity index is 423. The molecule has 1 nitrogen and oxygen atoms in total. The van der Waals surface area contributed by atoms with Gasteiger partial charge in [-0.25, -0.2) is 0 Å². The lowest BCUT2D eigenvalue weighted by Gasteiger charge is -2.61. The molecule has 4 bridgehead atoms. The Balaban J connectivity index is 1.61. The number of carbonyl (C=O) groups is 1. The summed E-state index contributed by atoms with van der Waals surface area (Å²) in [6, 6.07) is 0. The minimum Gasteiger partial charge on any atom is -0.299 e. The predicted octanol–water partition coefficient (Wildman–Crippen LogP) is 5.38. The summed E-state index contributed by atoms with van der Waals surface area (Å²) in [7, 11) is 0. The quantitative estimate of drug-likeness (QED) is 0.681. The van der Waals surface area contributed by atoms with Crippen molar-refractivity contribution in [3.63, 3.8) is 0 Å². The molecular weight excluding hydrogens is 256 g/mol. The summed E-state index contributed by atoms with van der Waals surface area (Å²) >= 11 is 0. The molecule has 21 heavy (non-hydrogen) atoms. The molecule has 0 aromatic carbocycles. The van der Waals surface area contributed by atoms with Crippen molar-refractivity contribution in [2.24, 2.45) is 34.5 Å². The number of hydrogen-bond acceptors (Lipinski definition) is 1. The van der Waals surface area contributed by atoms with E-state index in [1.54, 1.807) is 0 Å². The van der Waals surface area contributed by atoms with E-state index in [1.807, 2.05) is 0 Å². The molecule has 0 aliphatic heterocycles. The zero-order valence-corrected chi connectivity index (χ0v) is 14.0. The van der Waals surface area contributed by atoms with E-state index in [0.717, 1.165) is 17.6 Å². The van der Waals surface area contributed by atoms with Crippen LogP contribution >= 0.6 is 0 Å². The second kappa shape index (κ2) is 4.83. The van der Waals surface area contributed by atoms with Crippen molar-refractivity contribution < 1.29 is 4.79 Å². The smallest absolute Gasteiger partial charge is 0.142 e. The molecule has 0 N–H and O–H groups in total. The summed E-state index contributed by atoms with van der Waals surface area (Å²) in [6.07, 6.45) is 14.4. The minimum atomic E-state index is 0.119. The van der Waals surface area contributed by atoms with Crippen LogP contribution < -0.4 is 0 Å². The van der Waals surface area contributed by atoms with Gasteiger partial charge in [0.2, 0.25) is 0 Å². The third-order valence-electron chi connectivity index (χ3n) is 7.65. The average Bonchev–Trinajstić information content (AvgIpc) is 2.44. The number of carbonyl (C=O) groups excluding carboxylic acids is 1. The highest BCUT2D eigenvalue weighted by atomic mass is 16.1. The van der Waals surface area contributed by atoms with Gasteiger partial charge in [-0.3, -0.25) is 4.79 Å². The van der Waals surface area contributed by atoms with Crippen LogP contribution in [0.25, 0.3) is 0 Å². The third-order valence-corrected chi connectivity index (χ3v) is 7.65. The number of ketones is 1. The number of rotatable bonds is 3. The topological polar surface area (TPSA) is 17.1 Å². The first kappa shape index (κ1) is 14.3. The Morgan fingerprint density at radius 2 is 1.71 bits per heavy atom. The summed E-state index contributed by atoms with van der Waals surface area (Å²) in [4.78, 5) is 13.6. The van der Waals surface area contributed by atoms with Gasteiger partial charge in [-0.1, -0.05) is 33.1 Å². The van der Waals surface area contributed by atoms with Crippen molar-refractivity contribution in [3.05, 3.63) is 0 Å². The highest BCUT2D eigenvalue weighted by Crippen LogP contribution is 2.66. The van der Waals surface area contributed by atoms with Gasteiger partial charge in [0.1, 0.15) is 5.78 Å². The molecule has 4 atom stereocenters. The molecule has 4 unspecified atom stereocenters. The van der Waals surface area contributed by atoms with Crippen LogP contribution in [0.5, 0.6) is 0 Å². The Morgan fingerprint density at radius 3 is 2.33 bits per heavy atom. The lowest BCUT2D eigenvalue weighted by Crippen LogP contribution is -2.56. The predicted molar refractivity (Wildman–Crippen MR) is 86.0 cm³/mol.